The molecule has 1 N–H and O–H groups in total. The van der Waals surface area contributed by atoms with E-state index < -0.39 is 35.6 Å². The molecule has 0 bridgehead atoms. The fraction of sp³-hybridized carbons (Fsp3) is 0.188. The summed E-state index contributed by atoms with van der Waals surface area (Å²) in [5, 5.41) is 10.3. The highest BCUT2D eigenvalue weighted by Gasteiger charge is 2.60. The number of aliphatic carboxylic acids is 1. The molecule has 6 nitrogen and oxygen atoms in total. The van der Waals surface area contributed by atoms with Gasteiger partial charge in [-0.05, 0) is 58.7 Å². The van der Waals surface area contributed by atoms with E-state index in [2.05, 4.69) is 0 Å². The molecule has 0 amide bonds. The van der Waals surface area contributed by atoms with Crippen molar-refractivity contribution in [2.75, 3.05) is 14.2 Å². The summed E-state index contributed by atoms with van der Waals surface area (Å²) in [4.78, 5) is 26.5. The van der Waals surface area contributed by atoms with Gasteiger partial charge in [-0.1, -0.05) is 60.7 Å². The van der Waals surface area contributed by atoms with E-state index in [4.69, 9.17) is 14.2 Å². The highest BCUT2D eigenvalue weighted by Crippen LogP contribution is 2.60. The minimum absolute atomic E-state index is 0.304. The van der Waals surface area contributed by atoms with Crippen LogP contribution in [-0.4, -0.2) is 31.3 Å². The number of hydrogen-bond donors (Lipinski definition) is 1. The van der Waals surface area contributed by atoms with E-state index in [-0.39, 0.29) is 5.82 Å². The molecule has 7 heteroatoms. The van der Waals surface area contributed by atoms with E-state index in [1.807, 2.05) is 6.07 Å². The van der Waals surface area contributed by atoms with Gasteiger partial charge in [0.25, 0.3) is 0 Å². The molecule has 1 fully saturated rings. The van der Waals surface area contributed by atoms with Crippen LogP contribution >= 0.6 is 0 Å². The maximum Gasteiger partial charge on any atom is 0.315 e. The predicted octanol–water partition coefficient (Wildman–Crippen LogP) is 6.31. The Hall–Kier alpha value is -4.65. The fourth-order valence-corrected chi connectivity index (χ4v) is 5.57. The zero-order chi connectivity index (χ0) is 27.5. The highest BCUT2D eigenvalue weighted by molar-refractivity contribution is 5.86. The maximum atomic E-state index is 13.9. The van der Waals surface area contributed by atoms with Crippen LogP contribution in [0.4, 0.5) is 4.39 Å². The van der Waals surface area contributed by atoms with Crippen molar-refractivity contribution < 1.29 is 33.3 Å². The van der Waals surface area contributed by atoms with Gasteiger partial charge < -0.3 is 19.3 Å². The molecular weight excluding hydrogens is 499 g/mol. The van der Waals surface area contributed by atoms with Crippen LogP contribution in [0.3, 0.4) is 0 Å². The van der Waals surface area contributed by atoms with Gasteiger partial charge in [0.15, 0.2) is 0 Å². The summed E-state index contributed by atoms with van der Waals surface area (Å²) in [6.07, 6.45) is 0. The first-order valence-electron chi connectivity index (χ1n) is 12.5. The fourth-order valence-electron chi connectivity index (χ4n) is 5.57. The SMILES string of the molecule is COc1ccccc1C1C(C(=O)O)C(c2ccccc2OC)C1C(=O)Oc1cccc(-c2ccc(F)cc2)c1. The molecule has 198 valence electrons. The van der Waals surface area contributed by atoms with Gasteiger partial charge in [-0.15, -0.1) is 0 Å². The number of benzene rings is 4. The first kappa shape index (κ1) is 26.0. The number of halogens is 1. The monoisotopic (exact) mass is 526 g/mol. The molecule has 1 aliphatic carbocycles. The Morgan fingerprint density at radius 3 is 1.79 bits per heavy atom. The second-order valence-corrected chi connectivity index (χ2v) is 9.38. The molecule has 39 heavy (non-hydrogen) atoms. The molecule has 2 atom stereocenters. The third kappa shape index (κ3) is 4.95. The normalized spacial score (nSPS) is 20.0. The lowest BCUT2D eigenvalue weighted by molar-refractivity contribution is -0.158. The first-order valence-corrected chi connectivity index (χ1v) is 12.5. The Morgan fingerprint density at radius 1 is 0.692 bits per heavy atom. The molecule has 0 spiro atoms. The number of carboxylic acid groups (broad SMARTS) is 1. The van der Waals surface area contributed by atoms with E-state index in [0.717, 1.165) is 11.1 Å². The summed E-state index contributed by atoms with van der Waals surface area (Å²) in [7, 11) is 3.03. The summed E-state index contributed by atoms with van der Waals surface area (Å²) in [6.45, 7) is 0. The Labute approximate surface area is 225 Å². The van der Waals surface area contributed by atoms with E-state index in [1.54, 1.807) is 78.9 Å². The molecular formula is C32H27FO6. The Bertz CT molecular complexity index is 1440. The van der Waals surface area contributed by atoms with Crippen LogP contribution < -0.4 is 14.2 Å². The topological polar surface area (TPSA) is 82.1 Å². The third-order valence-electron chi connectivity index (χ3n) is 7.33. The van der Waals surface area contributed by atoms with Gasteiger partial charge in [0.05, 0.1) is 26.1 Å². The lowest BCUT2D eigenvalue weighted by Crippen LogP contribution is -2.52. The molecule has 0 aliphatic heterocycles. The Balaban J connectivity index is 1.55. The standard InChI is InChI=1S/C32H27FO6/c1-37-25-12-5-3-10-23(25)27-29(31(34)35)28(24-11-4-6-13-26(24)38-2)30(27)32(36)39-22-9-7-8-20(18-22)19-14-16-21(33)17-15-19/h3-18,27-30H,1-2H3,(H,34,35). The van der Waals surface area contributed by atoms with Crippen LogP contribution in [-0.2, 0) is 9.59 Å². The predicted molar refractivity (Wildman–Crippen MR) is 144 cm³/mol. The lowest BCUT2D eigenvalue weighted by Gasteiger charge is -2.49. The van der Waals surface area contributed by atoms with Crippen molar-refractivity contribution >= 4 is 11.9 Å². The quantitative estimate of drug-likeness (QED) is 0.214. The number of hydrogen-bond acceptors (Lipinski definition) is 5. The number of methoxy groups -OCH3 is 2. The molecule has 0 aromatic heterocycles. The first-order chi connectivity index (χ1) is 18.9. The highest BCUT2D eigenvalue weighted by atomic mass is 19.1. The molecule has 0 saturated heterocycles. The van der Waals surface area contributed by atoms with Crippen LogP contribution in [0.15, 0.2) is 97.1 Å². The van der Waals surface area contributed by atoms with Crippen LogP contribution in [0.1, 0.15) is 23.0 Å². The third-order valence-corrected chi connectivity index (χ3v) is 7.33. The van der Waals surface area contributed by atoms with Gasteiger partial charge in [-0.3, -0.25) is 9.59 Å². The molecule has 4 aromatic rings. The largest absolute Gasteiger partial charge is 0.496 e. The van der Waals surface area contributed by atoms with E-state index >= 15 is 0 Å². The second kappa shape index (κ2) is 11.0. The average Bonchev–Trinajstić information content (AvgIpc) is 2.93. The lowest BCUT2D eigenvalue weighted by atomic mass is 9.52. The minimum atomic E-state index is -1.02. The van der Waals surface area contributed by atoms with Crippen LogP contribution in [0.5, 0.6) is 17.2 Å². The molecule has 1 saturated carbocycles. The van der Waals surface area contributed by atoms with E-state index in [0.29, 0.717) is 28.4 Å². The van der Waals surface area contributed by atoms with E-state index in [9.17, 15) is 19.1 Å². The molecule has 4 aromatic carbocycles. The number of carbonyl (C=O) groups is 2. The van der Waals surface area contributed by atoms with Crippen molar-refractivity contribution in [1.29, 1.82) is 0 Å². The molecule has 0 heterocycles. The average molecular weight is 527 g/mol. The van der Waals surface area contributed by atoms with Crippen molar-refractivity contribution in [2.45, 2.75) is 11.8 Å². The van der Waals surface area contributed by atoms with Crippen LogP contribution in [0, 0.1) is 17.7 Å². The van der Waals surface area contributed by atoms with Gasteiger partial charge >= 0.3 is 11.9 Å². The number of rotatable bonds is 8. The maximum absolute atomic E-state index is 13.9. The summed E-state index contributed by atoms with van der Waals surface area (Å²) in [5.74, 6) is -3.75. The summed E-state index contributed by atoms with van der Waals surface area (Å²) in [5.41, 5.74) is 2.77. The number of para-hydroxylation sites is 2. The summed E-state index contributed by atoms with van der Waals surface area (Å²) in [6, 6.07) is 27.2. The van der Waals surface area contributed by atoms with Gasteiger partial charge in [-0.25, -0.2) is 4.39 Å². The minimum Gasteiger partial charge on any atom is -0.496 e. The van der Waals surface area contributed by atoms with Gasteiger partial charge in [0.1, 0.15) is 23.1 Å². The van der Waals surface area contributed by atoms with Crippen molar-refractivity contribution in [3.63, 3.8) is 0 Å². The number of carbonyl (C=O) groups excluding carboxylic acids is 1. The zero-order valence-electron chi connectivity index (χ0n) is 21.4. The summed E-state index contributed by atoms with van der Waals surface area (Å²) < 4.78 is 30.4. The van der Waals surface area contributed by atoms with Crippen molar-refractivity contribution in [1.82, 2.24) is 0 Å². The van der Waals surface area contributed by atoms with Gasteiger partial charge in [0, 0.05) is 11.8 Å². The molecule has 0 radical (unpaired) electrons. The molecule has 1 aliphatic rings. The van der Waals surface area contributed by atoms with Crippen molar-refractivity contribution in [3.8, 4) is 28.4 Å². The van der Waals surface area contributed by atoms with Gasteiger partial charge in [-0.2, -0.15) is 0 Å². The molecule has 2 unspecified atom stereocenters. The van der Waals surface area contributed by atoms with Gasteiger partial charge in [0.2, 0.25) is 0 Å². The summed E-state index contributed by atoms with van der Waals surface area (Å²) >= 11 is 0. The van der Waals surface area contributed by atoms with Crippen molar-refractivity contribution in [3.05, 3.63) is 114 Å². The Morgan fingerprint density at radius 2 is 1.26 bits per heavy atom. The Kier molecular flexibility index (Phi) is 7.32. The number of carboxylic acids is 1. The van der Waals surface area contributed by atoms with E-state index in [1.165, 1.54) is 26.4 Å². The molecule has 5 rings (SSSR count). The van der Waals surface area contributed by atoms with Crippen LogP contribution in [0.2, 0.25) is 0 Å². The second-order valence-electron chi connectivity index (χ2n) is 9.38. The smallest absolute Gasteiger partial charge is 0.315 e. The number of esters is 1. The number of ether oxygens (including phenoxy) is 3. The van der Waals surface area contributed by atoms with Crippen LogP contribution in [0.25, 0.3) is 11.1 Å². The van der Waals surface area contributed by atoms with Crippen molar-refractivity contribution in [2.24, 2.45) is 11.8 Å². The zero-order valence-corrected chi connectivity index (χ0v) is 21.4.